The molecule has 1 saturated heterocycles. The Kier molecular flexibility index (Phi) is 6.75. The summed E-state index contributed by atoms with van der Waals surface area (Å²) in [6.07, 6.45) is 0. The molecule has 0 unspecified atom stereocenters. The van der Waals surface area contributed by atoms with Gasteiger partial charge in [-0.1, -0.05) is 24.3 Å². The number of benzene rings is 2. The second-order valence-corrected chi connectivity index (χ2v) is 7.64. The molecule has 1 aliphatic rings. The Balaban J connectivity index is 1.44. The summed E-state index contributed by atoms with van der Waals surface area (Å²) in [7, 11) is 0. The van der Waals surface area contributed by atoms with Crippen LogP contribution in [-0.2, 0) is 11.3 Å². The van der Waals surface area contributed by atoms with Crippen LogP contribution in [0.5, 0.6) is 0 Å². The third-order valence-electron chi connectivity index (χ3n) is 5.64. The molecule has 2 aromatic carbocycles. The van der Waals surface area contributed by atoms with E-state index in [4.69, 9.17) is 0 Å². The number of nitrogens with zero attached hydrogens (tertiary/aromatic N) is 1. The van der Waals surface area contributed by atoms with Crippen LogP contribution in [0, 0.1) is 18.6 Å². The fourth-order valence-corrected chi connectivity index (χ4v) is 3.67. The Morgan fingerprint density at radius 3 is 2.54 bits per heavy atom. The van der Waals surface area contributed by atoms with Gasteiger partial charge in [-0.15, -0.1) is 0 Å². The first-order valence-electron chi connectivity index (χ1n) is 9.88. The number of piperazine rings is 1. The molecular weight excluding hydrogens is 360 g/mol. The van der Waals surface area contributed by atoms with Gasteiger partial charge in [0.05, 0.1) is 26.2 Å². The van der Waals surface area contributed by atoms with Gasteiger partial charge in [0.15, 0.2) is 18.2 Å². The van der Waals surface area contributed by atoms with E-state index in [9.17, 15) is 13.6 Å². The average Bonchev–Trinajstić information content (AvgIpc) is 2.70. The van der Waals surface area contributed by atoms with Crippen LogP contribution in [0.4, 0.5) is 8.78 Å². The lowest BCUT2D eigenvalue weighted by molar-refractivity contribution is -0.917. The Morgan fingerprint density at radius 1 is 1.14 bits per heavy atom. The summed E-state index contributed by atoms with van der Waals surface area (Å²) in [6.45, 7) is 8.74. The monoisotopic (exact) mass is 389 g/mol. The molecule has 28 heavy (non-hydrogen) atoms. The van der Waals surface area contributed by atoms with Crippen LogP contribution in [0.2, 0.25) is 0 Å². The van der Waals surface area contributed by atoms with Crippen molar-refractivity contribution in [2.24, 2.45) is 0 Å². The minimum atomic E-state index is -0.850. The zero-order valence-corrected chi connectivity index (χ0v) is 16.6. The highest BCUT2D eigenvalue weighted by molar-refractivity contribution is 5.77. The molecule has 1 amide bonds. The minimum Gasteiger partial charge on any atom is -0.333 e. The van der Waals surface area contributed by atoms with Crippen LogP contribution in [0.1, 0.15) is 29.7 Å². The largest absolute Gasteiger partial charge is 0.333 e. The van der Waals surface area contributed by atoms with Crippen molar-refractivity contribution in [2.75, 3.05) is 32.7 Å². The highest BCUT2D eigenvalue weighted by atomic mass is 19.2. The predicted octanol–water partition coefficient (Wildman–Crippen LogP) is 0.825. The summed E-state index contributed by atoms with van der Waals surface area (Å²) >= 11 is 0. The van der Waals surface area contributed by atoms with Gasteiger partial charge in [0.2, 0.25) is 0 Å². The summed E-state index contributed by atoms with van der Waals surface area (Å²) in [5.74, 6) is -1.60. The Labute approximate surface area is 165 Å². The van der Waals surface area contributed by atoms with E-state index in [-0.39, 0.29) is 11.9 Å². The first kappa shape index (κ1) is 20.4. The van der Waals surface area contributed by atoms with Gasteiger partial charge < -0.3 is 15.1 Å². The summed E-state index contributed by atoms with van der Waals surface area (Å²) in [4.78, 5) is 15.9. The number of hydrogen-bond acceptors (Lipinski definition) is 1. The molecule has 1 fully saturated rings. The SMILES string of the molecule is Cc1ccccc1C[NH+]1CCN(C(=O)C[NH2+][C@@H](C)c2ccc(F)c(F)c2)CC1. The van der Waals surface area contributed by atoms with Crippen LogP contribution in [0.25, 0.3) is 0 Å². The lowest BCUT2D eigenvalue weighted by Gasteiger charge is -2.32. The molecule has 0 saturated carbocycles. The van der Waals surface area contributed by atoms with Crippen molar-refractivity contribution in [3.05, 3.63) is 70.8 Å². The van der Waals surface area contributed by atoms with Crippen molar-refractivity contribution in [3.8, 4) is 0 Å². The van der Waals surface area contributed by atoms with Crippen LogP contribution in [0.3, 0.4) is 0 Å². The van der Waals surface area contributed by atoms with Gasteiger partial charge in [0.1, 0.15) is 12.6 Å². The van der Waals surface area contributed by atoms with Crippen molar-refractivity contribution in [1.82, 2.24) is 4.90 Å². The lowest BCUT2D eigenvalue weighted by Crippen LogP contribution is -3.13. The van der Waals surface area contributed by atoms with Gasteiger partial charge in [0, 0.05) is 11.1 Å². The van der Waals surface area contributed by atoms with Crippen LogP contribution < -0.4 is 10.2 Å². The van der Waals surface area contributed by atoms with E-state index in [2.05, 4.69) is 31.2 Å². The smallest absolute Gasteiger partial charge is 0.278 e. The van der Waals surface area contributed by atoms with Crippen LogP contribution in [0.15, 0.2) is 42.5 Å². The van der Waals surface area contributed by atoms with Gasteiger partial charge in [-0.05, 0) is 37.6 Å². The maximum atomic E-state index is 13.4. The molecule has 1 aliphatic heterocycles. The van der Waals surface area contributed by atoms with Crippen molar-refractivity contribution < 1.29 is 23.8 Å². The van der Waals surface area contributed by atoms with Crippen molar-refractivity contribution >= 4 is 5.91 Å². The zero-order valence-electron chi connectivity index (χ0n) is 16.6. The highest BCUT2D eigenvalue weighted by Gasteiger charge is 2.25. The number of halogens is 2. The second-order valence-electron chi connectivity index (χ2n) is 7.64. The van der Waals surface area contributed by atoms with E-state index in [1.54, 1.807) is 6.07 Å². The lowest BCUT2D eigenvalue weighted by atomic mass is 10.1. The molecule has 1 atom stereocenters. The number of nitrogens with two attached hydrogens (primary N) is 1. The van der Waals surface area contributed by atoms with Gasteiger partial charge in [-0.25, -0.2) is 8.78 Å². The summed E-state index contributed by atoms with van der Waals surface area (Å²) < 4.78 is 26.4. The average molecular weight is 389 g/mol. The Hall–Kier alpha value is -2.31. The number of carbonyl (C=O) groups is 1. The van der Waals surface area contributed by atoms with E-state index in [1.165, 1.54) is 22.1 Å². The van der Waals surface area contributed by atoms with E-state index < -0.39 is 11.6 Å². The third kappa shape index (κ3) is 5.14. The van der Waals surface area contributed by atoms with E-state index in [0.29, 0.717) is 12.1 Å². The van der Waals surface area contributed by atoms with Gasteiger partial charge in [-0.2, -0.15) is 0 Å². The molecular formula is C22H29F2N3O+2. The second kappa shape index (κ2) is 9.26. The quantitative estimate of drug-likeness (QED) is 0.755. The fraction of sp³-hybridized carbons (Fsp3) is 0.409. The molecule has 0 spiro atoms. The molecule has 3 N–H and O–H groups in total. The maximum Gasteiger partial charge on any atom is 0.278 e. The van der Waals surface area contributed by atoms with Gasteiger partial charge in [-0.3, -0.25) is 4.79 Å². The number of carbonyl (C=O) groups excluding carboxylic acids is 1. The topological polar surface area (TPSA) is 41.4 Å². The number of rotatable bonds is 6. The standard InChI is InChI=1S/C22H27F2N3O/c1-16-5-3-4-6-19(16)15-26-9-11-27(12-10-26)22(28)14-25-17(2)18-7-8-20(23)21(24)13-18/h3-8,13,17,25H,9-12,14-15H2,1-2H3/p+2/t17-/m0/s1. The molecule has 0 aromatic heterocycles. The number of hydrogen-bond donors (Lipinski definition) is 2. The van der Waals surface area contributed by atoms with E-state index in [0.717, 1.165) is 38.8 Å². The van der Waals surface area contributed by atoms with Crippen LogP contribution >= 0.6 is 0 Å². The Morgan fingerprint density at radius 2 is 1.86 bits per heavy atom. The van der Waals surface area contributed by atoms with Gasteiger partial charge in [0.25, 0.3) is 5.91 Å². The highest BCUT2D eigenvalue weighted by Crippen LogP contribution is 2.13. The van der Waals surface area contributed by atoms with Gasteiger partial charge >= 0.3 is 0 Å². The number of nitrogens with one attached hydrogen (secondary N) is 1. The molecule has 0 bridgehead atoms. The number of amides is 1. The molecule has 2 aromatic rings. The van der Waals surface area contributed by atoms with Crippen molar-refractivity contribution in [1.29, 1.82) is 0 Å². The molecule has 6 heteroatoms. The maximum absolute atomic E-state index is 13.4. The van der Waals surface area contributed by atoms with Crippen molar-refractivity contribution in [2.45, 2.75) is 26.4 Å². The third-order valence-corrected chi connectivity index (χ3v) is 5.64. The minimum absolute atomic E-state index is 0.101. The first-order valence-corrected chi connectivity index (χ1v) is 9.88. The molecule has 4 nitrogen and oxygen atoms in total. The Bertz CT molecular complexity index is 819. The molecule has 3 rings (SSSR count). The zero-order chi connectivity index (χ0) is 20.1. The first-order chi connectivity index (χ1) is 13.4. The molecule has 1 heterocycles. The van der Waals surface area contributed by atoms with Crippen LogP contribution in [-0.4, -0.2) is 43.5 Å². The fourth-order valence-electron chi connectivity index (χ4n) is 3.67. The van der Waals surface area contributed by atoms with Crippen molar-refractivity contribution in [3.63, 3.8) is 0 Å². The van der Waals surface area contributed by atoms with E-state index >= 15 is 0 Å². The summed E-state index contributed by atoms with van der Waals surface area (Å²) in [5.41, 5.74) is 3.36. The molecule has 0 aliphatic carbocycles. The normalized spacial score (nSPS) is 16.2. The molecule has 150 valence electrons. The molecule has 0 radical (unpaired) electrons. The number of aryl methyl sites for hydroxylation is 1. The predicted molar refractivity (Wildman–Crippen MR) is 104 cm³/mol. The van der Waals surface area contributed by atoms with E-state index in [1.807, 2.05) is 17.1 Å². The number of quaternary nitrogens is 2. The summed E-state index contributed by atoms with van der Waals surface area (Å²) in [6, 6.07) is 12.2. The summed E-state index contributed by atoms with van der Waals surface area (Å²) in [5, 5.41) is 1.88.